The van der Waals surface area contributed by atoms with Crippen LogP contribution in [0.2, 0.25) is 0 Å². The normalized spacial score (nSPS) is 12.3. The van der Waals surface area contributed by atoms with Gasteiger partial charge in [0.1, 0.15) is 5.75 Å². The lowest BCUT2D eigenvalue weighted by atomic mass is 10.0. The third-order valence-electron chi connectivity index (χ3n) is 2.38. The Hall–Kier alpha value is -1.91. The standard InChI is InChI=1S/C12H12F2O3/c1-7(8(2)11(15)16)9-4-3-5-10(6-9)17-12(13)14/h3-6,12H,1-2H3,(H,15,16). The summed E-state index contributed by atoms with van der Waals surface area (Å²) in [5.41, 5.74) is 1.22. The molecule has 0 fully saturated rings. The SMILES string of the molecule is CC(C(=O)O)=C(C)c1cccc(OC(F)F)c1. The Labute approximate surface area is 97.3 Å². The van der Waals surface area contributed by atoms with E-state index in [4.69, 9.17) is 5.11 Å². The minimum absolute atomic E-state index is 0.00930. The van der Waals surface area contributed by atoms with E-state index >= 15 is 0 Å². The van der Waals surface area contributed by atoms with Crippen molar-refractivity contribution in [2.45, 2.75) is 20.5 Å². The van der Waals surface area contributed by atoms with Crippen LogP contribution in [0.4, 0.5) is 8.78 Å². The monoisotopic (exact) mass is 242 g/mol. The van der Waals surface area contributed by atoms with Crippen molar-refractivity contribution in [2.75, 3.05) is 0 Å². The number of rotatable bonds is 4. The van der Waals surface area contributed by atoms with Crippen LogP contribution in [-0.2, 0) is 4.79 Å². The molecule has 5 heteroatoms. The first-order chi connectivity index (χ1) is 7.91. The second kappa shape index (κ2) is 5.43. The van der Waals surface area contributed by atoms with E-state index in [0.717, 1.165) is 0 Å². The van der Waals surface area contributed by atoms with Gasteiger partial charge in [-0.15, -0.1) is 0 Å². The quantitative estimate of drug-likeness (QED) is 0.825. The molecule has 0 heterocycles. The zero-order valence-corrected chi connectivity index (χ0v) is 9.41. The van der Waals surface area contributed by atoms with Gasteiger partial charge in [-0.2, -0.15) is 8.78 Å². The van der Waals surface area contributed by atoms with E-state index in [1.54, 1.807) is 13.0 Å². The molecule has 1 rings (SSSR count). The molecule has 0 atom stereocenters. The largest absolute Gasteiger partial charge is 0.478 e. The van der Waals surface area contributed by atoms with Gasteiger partial charge in [-0.25, -0.2) is 4.79 Å². The molecule has 1 aromatic carbocycles. The first-order valence-electron chi connectivity index (χ1n) is 4.88. The number of allylic oxidation sites excluding steroid dienone is 1. The van der Waals surface area contributed by atoms with Gasteiger partial charge < -0.3 is 9.84 Å². The maximum atomic E-state index is 12.0. The van der Waals surface area contributed by atoms with Crippen molar-refractivity contribution in [1.82, 2.24) is 0 Å². The number of benzene rings is 1. The van der Waals surface area contributed by atoms with Crippen molar-refractivity contribution in [3.63, 3.8) is 0 Å². The highest BCUT2D eigenvalue weighted by Crippen LogP contribution is 2.23. The lowest BCUT2D eigenvalue weighted by Crippen LogP contribution is -2.02. The van der Waals surface area contributed by atoms with E-state index in [1.807, 2.05) is 0 Å². The van der Waals surface area contributed by atoms with Gasteiger partial charge in [0.15, 0.2) is 0 Å². The second-order valence-electron chi connectivity index (χ2n) is 3.46. The molecule has 0 radical (unpaired) electrons. The summed E-state index contributed by atoms with van der Waals surface area (Å²) in [6.07, 6.45) is 0. The number of carboxylic acids is 1. The van der Waals surface area contributed by atoms with E-state index in [0.29, 0.717) is 11.1 Å². The minimum atomic E-state index is -2.89. The van der Waals surface area contributed by atoms with Crippen LogP contribution in [0.3, 0.4) is 0 Å². The zero-order chi connectivity index (χ0) is 13.0. The van der Waals surface area contributed by atoms with Gasteiger partial charge in [0.2, 0.25) is 0 Å². The molecule has 0 saturated heterocycles. The van der Waals surface area contributed by atoms with E-state index in [2.05, 4.69) is 4.74 Å². The average molecular weight is 242 g/mol. The van der Waals surface area contributed by atoms with Crippen molar-refractivity contribution < 1.29 is 23.4 Å². The van der Waals surface area contributed by atoms with Gasteiger partial charge in [-0.3, -0.25) is 0 Å². The number of aliphatic carboxylic acids is 1. The molecule has 0 aliphatic heterocycles. The third kappa shape index (κ3) is 3.55. The molecule has 0 aliphatic carbocycles. The molecule has 0 bridgehead atoms. The lowest BCUT2D eigenvalue weighted by molar-refractivity contribution is -0.132. The summed E-state index contributed by atoms with van der Waals surface area (Å²) in [6.45, 7) is 0.179. The summed E-state index contributed by atoms with van der Waals surface area (Å²) >= 11 is 0. The van der Waals surface area contributed by atoms with Crippen LogP contribution in [0.25, 0.3) is 5.57 Å². The first-order valence-corrected chi connectivity index (χ1v) is 4.88. The molecule has 17 heavy (non-hydrogen) atoms. The Morgan fingerprint density at radius 3 is 2.53 bits per heavy atom. The number of halogens is 2. The lowest BCUT2D eigenvalue weighted by Gasteiger charge is -2.08. The number of carboxylic acid groups (broad SMARTS) is 1. The Morgan fingerprint density at radius 2 is 2.00 bits per heavy atom. The maximum absolute atomic E-state index is 12.0. The predicted octanol–water partition coefficient (Wildman–Crippen LogP) is 3.17. The van der Waals surface area contributed by atoms with Crippen molar-refractivity contribution in [3.8, 4) is 5.75 Å². The fraction of sp³-hybridized carbons (Fsp3) is 0.250. The number of hydrogen-bond donors (Lipinski definition) is 1. The number of ether oxygens (including phenoxy) is 1. The van der Waals surface area contributed by atoms with Gasteiger partial charge in [-0.1, -0.05) is 12.1 Å². The van der Waals surface area contributed by atoms with E-state index in [1.165, 1.54) is 25.1 Å². The molecule has 0 spiro atoms. The van der Waals surface area contributed by atoms with E-state index < -0.39 is 12.6 Å². The smallest absolute Gasteiger partial charge is 0.387 e. The van der Waals surface area contributed by atoms with Crippen molar-refractivity contribution in [2.24, 2.45) is 0 Å². The average Bonchev–Trinajstić information content (AvgIpc) is 2.26. The number of alkyl halides is 2. The van der Waals surface area contributed by atoms with Gasteiger partial charge in [-0.05, 0) is 37.1 Å². The molecule has 0 aliphatic rings. The Kier molecular flexibility index (Phi) is 4.20. The summed E-state index contributed by atoms with van der Waals surface area (Å²) < 4.78 is 28.3. The van der Waals surface area contributed by atoms with Crippen LogP contribution in [0.5, 0.6) is 5.75 Å². The highest BCUT2D eigenvalue weighted by atomic mass is 19.3. The first kappa shape index (κ1) is 13.2. The van der Waals surface area contributed by atoms with Crippen molar-refractivity contribution in [1.29, 1.82) is 0 Å². The summed E-state index contributed by atoms with van der Waals surface area (Å²) in [6, 6.07) is 5.94. The molecule has 0 aromatic heterocycles. The fourth-order valence-electron chi connectivity index (χ4n) is 1.28. The molecule has 0 saturated carbocycles. The van der Waals surface area contributed by atoms with Gasteiger partial charge in [0.05, 0.1) is 0 Å². The zero-order valence-electron chi connectivity index (χ0n) is 9.41. The molecular weight excluding hydrogens is 230 g/mol. The predicted molar refractivity (Wildman–Crippen MR) is 59.0 cm³/mol. The van der Waals surface area contributed by atoms with Gasteiger partial charge >= 0.3 is 12.6 Å². The Balaban J connectivity index is 3.07. The highest BCUT2D eigenvalue weighted by Gasteiger charge is 2.09. The summed E-state index contributed by atoms with van der Waals surface area (Å²) in [7, 11) is 0. The van der Waals surface area contributed by atoms with E-state index in [9.17, 15) is 13.6 Å². The van der Waals surface area contributed by atoms with Crippen LogP contribution >= 0.6 is 0 Å². The molecule has 1 N–H and O–H groups in total. The van der Waals surface area contributed by atoms with Crippen LogP contribution in [0.15, 0.2) is 29.8 Å². The topological polar surface area (TPSA) is 46.5 Å². The number of carbonyl (C=O) groups is 1. The van der Waals surface area contributed by atoms with Crippen LogP contribution in [0, 0.1) is 0 Å². The summed E-state index contributed by atoms with van der Waals surface area (Å²) in [5, 5.41) is 8.82. The van der Waals surface area contributed by atoms with Gasteiger partial charge in [0.25, 0.3) is 0 Å². The maximum Gasteiger partial charge on any atom is 0.387 e. The second-order valence-corrected chi connectivity index (χ2v) is 3.46. The molecule has 0 amide bonds. The molecule has 0 unspecified atom stereocenters. The van der Waals surface area contributed by atoms with Crippen molar-refractivity contribution in [3.05, 3.63) is 35.4 Å². The van der Waals surface area contributed by atoms with E-state index in [-0.39, 0.29) is 11.3 Å². The number of hydrogen-bond acceptors (Lipinski definition) is 2. The summed E-state index contributed by atoms with van der Waals surface area (Å²) in [5.74, 6) is -1.03. The fourth-order valence-corrected chi connectivity index (χ4v) is 1.28. The van der Waals surface area contributed by atoms with Gasteiger partial charge in [0, 0.05) is 5.57 Å². The molecule has 92 valence electrons. The molecule has 3 nitrogen and oxygen atoms in total. The van der Waals surface area contributed by atoms with Crippen LogP contribution < -0.4 is 4.74 Å². The Bertz CT molecular complexity index is 453. The summed E-state index contributed by atoms with van der Waals surface area (Å²) in [4.78, 5) is 10.8. The highest BCUT2D eigenvalue weighted by molar-refractivity contribution is 5.95. The minimum Gasteiger partial charge on any atom is -0.478 e. The molecular formula is C12H12F2O3. The van der Waals surface area contributed by atoms with Crippen molar-refractivity contribution >= 4 is 11.5 Å². The third-order valence-corrected chi connectivity index (χ3v) is 2.38. The van der Waals surface area contributed by atoms with Crippen LogP contribution in [0.1, 0.15) is 19.4 Å². The Morgan fingerprint density at radius 1 is 1.35 bits per heavy atom. The molecule has 1 aromatic rings. The van der Waals surface area contributed by atoms with Crippen LogP contribution in [-0.4, -0.2) is 17.7 Å².